The van der Waals surface area contributed by atoms with Crippen molar-refractivity contribution in [2.75, 3.05) is 19.6 Å². The van der Waals surface area contributed by atoms with Gasteiger partial charge in [0, 0.05) is 18.7 Å². The summed E-state index contributed by atoms with van der Waals surface area (Å²) in [7, 11) is -3.87. The molecule has 0 unspecified atom stereocenters. The Bertz CT molecular complexity index is 627. The third-order valence-corrected chi connectivity index (χ3v) is 5.81. The minimum atomic E-state index is -3.87. The third kappa shape index (κ3) is 3.45. The molecule has 0 aromatic heterocycles. The largest absolute Gasteiger partial charge is 0.317 e. The molecule has 0 aliphatic carbocycles. The first-order valence-electron chi connectivity index (χ1n) is 7.44. The molecule has 8 heteroatoms. The van der Waals surface area contributed by atoms with E-state index in [1.807, 2.05) is 6.92 Å². The highest BCUT2D eigenvalue weighted by molar-refractivity contribution is 7.89. The van der Waals surface area contributed by atoms with Crippen LogP contribution in [-0.2, 0) is 10.0 Å². The van der Waals surface area contributed by atoms with Crippen molar-refractivity contribution in [3.63, 3.8) is 0 Å². The first kappa shape index (κ1) is 16.9. The second-order valence-electron chi connectivity index (χ2n) is 5.32. The molecule has 1 heterocycles. The van der Waals surface area contributed by atoms with E-state index in [2.05, 4.69) is 5.32 Å². The van der Waals surface area contributed by atoms with Crippen molar-refractivity contribution in [1.29, 1.82) is 0 Å². The van der Waals surface area contributed by atoms with E-state index in [1.54, 1.807) is 0 Å². The van der Waals surface area contributed by atoms with Gasteiger partial charge in [0.1, 0.15) is 0 Å². The molecule has 0 bridgehead atoms. The third-order valence-electron chi connectivity index (χ3n) is 3.81. The van der Waals surface area contributed by atoms with Crippen molar-refractivity contribution in [3.8, 4) is 0 Å². The average Bonchev–Trinajstić information content (AvgIpc) is 2.53. The molecular weight excluding hydrogens is 306 g/mol. The number of nitrogens with one attached hydrogen (secondary N) is 1. The van der Waals surface area contributed by atoms with Crippen LogP contribution in [0.25, 0.3) is 0 Å². The summed E-state index contributed by atoms with van der Waals surface area (Å²) in [4.78, 5) is 10.3. The predicted molar refractivity (Wildman–Crippen MR) is 83.2 cm³/mol. The maximum Gasteiger partial charge on any atom is 0.289 e. The van der Waals surface area contributed by atoms with E-state index >= 15 is 0 Å². The highest BCUT2D eigenvalue weighted by Gasteiger charge is 2.35. The molecule has 1 aromatic carbocycles. The second kappa shape index (κ2) is 7.17. The molecule has 2 rings (SSSR count). The normalized spacial score (nSPS) is 16.8. The number of benzene rings is 1. The number of para-hydroxylation sites is 1. The minimum Gasteiger partial charge on any atom is -0.317 e. The van der Waals surface area contributed by atoms with Crippen LogP contribution in [0.5, 0.6) is 0 Å². The first-order valence-corrected chi connectivity index (χ1v) is 8.88. The molecule has 22 heavy (non-hydrogen) atoms. The SMILES string of the molecule is CCCN(C1CCNCC1)S(=O)(=O)c1ccccc1[N+](=O)[O-]. The fraction of sp³-hybridized carbons (Fsp3) is 0.571. The van der Waals surface area contributed by atoms with Crippen LogP contribution < -0.4 is 5.32 Å². The molecule has 122 valence electrons. The van der Waals surface area contributed by atoms with E-state index in [9.17, 15) is 18.5 Å². The van der Waals surface area contributed by atoms with Crippen molar-refractivity contribution in [1.82, 2.24) is 9.62 Å². The van der Waals surface area contributed by atoms with Gasteiger partial charge < -0.3 is 5.32 Å². The lowest BCUT2D eigenvalue weighted by atomic mass is 10.1. The van der Waals surface area contributed by atoms with Gasteiger partial charge in [-0.05, 0) is 38.4 Å². The van der Waals surface area contributed by atoms with Crippen LogP contribution >= 0.6 is 0 Å². The molecule has 0 atom stereocenters. The molecule has 0 amide bonds. The highest BCUT2D eigenvalue weighted by Crippen LogP contribution is 2.29. The van der Waals surface area contributed by atoms with E-state index in [1.165, 1.54) is 28.6 Å². The number of nitro benzene ring substituents is 1. The Morgan fingerprint density at radius 3 is 2.55 bits per heavy atom. The number of nitro groups is 1. The van der Waals surface area contributed by atoms with E-state index in [-0.39, 0.29) is 16.6 Å². The zero-order chi connectivity index (χ0) is 16.2. The van der Waals surface area contributed by atoms with Crippen LogP contribution in [0.4, 0.5) is 5.69 Å². The Labute approximate surface area is 130 Å². The molecule has 1 aromatic rings. The summed E-state index contributed by atoms with van der Waals surface area (Å²) >= 11 is 0. The highest BCUT2D eigenvalue weighted by atomic mass is 32.2. The smallest absolute Gasteiger partial charge is 0.289 e. The molecule has 1 saturated heterocycles. The maximum atomic E-state index is 12.9. The Morgan fingerprint density at radius 1 is 1.32 bits per heavy atom. The van der Waals surface area contributed by atoms with Crippen LogP contribution in [-0.4, -0.2) is 43.3 Å². The van der Waals surface area contributed by atoms with E-state index in [0.717, 1.165) is 25.9 Å². The Hall–Kier alpha value is -1.51. The summed E-state index contributed by atoms with van der Waals surface area (Å²) in [6.45, 7) is 3.80. The second-order valence-corrected chi connectivity index (χ2v) is 7.18. The Kier molecular flexibility index (Phi) is 5.49. The lowest BCUT2D eigenvalue weighted by Crippen LogP contribution is -2.46. The number of nitrogens with zero attached hydrogens (tertiary/aromatic N) is 2. The molecule has 0 radical (unpaired) electrons. The quantitative estimate of drug-likeness (QED) is 0.635. The van der Waals surface area contributed by atoms with Gasteiger partial charge >= 0.3 is 0 Å². The van der Waals surface area contributed by atoms with Gasteiger partial charge in [0.2, 0.25) is 10.0 Å². The topological polar surface area (TPSA) is 92.6 Å². The zero-order valence-corrected chi connectivity index (χ0v) is 13.4. The number of hydrogen-bond donors (Lipinski definition) is 1. The maximum absolute atomic E-state index is 12.9. The van der Waals surface area contributed by atoms with Crippen LogP contribution in [0.2, 0.25) is 0 Å². The van der Waals surface area contributed by atoms with Gasteiger partial charge in [0.25, 0.3) is 5.69 Å². The molecule has 1 fully saturated rings. The number of sulfonamides is 1. The molecule has 1 N–H and O–H groups in total. The lowest BCUT2D eigenvalue weighted by Gasteiger charge is -2.33. The Morgan fingerprint density at radius 2 is 1.95 bits per heavy atom. The summed E-state index contributed by atoms with van der Waals surface area (Å²) in [5, 5.41) is 14.3. The zero-order valence-electron chi connectivity index (χ0n) is 12.6. The monoisotopic (exact) mass is 327 g/mol. The van der Waals surface area contributed by atoms with Gasteiger partial charge in [-0.15, -0.1) is 0 Å². The molecule has 1 aliphatic heterocycles. The van der Waals surface area contributed by atoms with Crippen LogP contribution in [0.3, 0.4) is 0 Å². The Balaban J connectivity index is 2.43. The minimum absolute atomic E-state index is 0.106. The van der Waals surface area contributed by atoms with Crippen LogP contribution in [0.15, 0.2) is 29.2 Å². The lowest BCUT2D eigenvalue weighted by molar-refractivity contribution is -0.387. The molecule has 0 saturated carbocycles. The number of piperidine rings is 1. The summed E-state index contributed by atoms with van der Waals surface area (Å²) < 4.78 is 27.3. The van der Waals surface area contributed by atoms with Crippen molar-refractivity contribution in [3.05, 3.63) is 34.4 Å². The van der Waals surface area contributed by atoms with Crippen molar-refractivity contribution in [2.24, 2.45) is 0 Å². The van der Waals surface area contributed by atoms with Crippen molar-refractivity contribution >= 4 is 15.7 Å². The van der Waals surface area contributed by atoms with Gasteiger partial charge in [-0.2, -0.15) is 4.31 Å². The summed E-state index contributed by atoms with van der Waals surface area (Å²) in [6.07, 6.45) is 2.11. The predicted octanol–water partition coefficient (Wildman–Crippen LogP) is 1.75. The molecular formula is C14H21N3O4S. The summed E-state index contributed by atoms with van der Waals surface area (Å²) in [5.74, 6) is 0. The van der Waals surface area contributed by atoms with Gasteiger partial charge in [-0.1, -0.05) is 19.1 Å². The fourth-order valence-corrected chi connectivity index (χ4v) is 4.70. The molecule has 0 spiro atoms. The number of hydrogen-bond acceptors (Lipinski definition) is 5. The van der Waals surface area contributed by atoms with Gasteiger partial charge in [0.15, 0.2) is 4.90 Å². The van der Waals surface area contributed by atoms with Gasteiger partial charge in [-0.25, -0.2) is 8.42 Å². The van der Waals surface area contributed by atoms with Gasteiger partial charge in [-0.3, -0.25) is 10.1 Å². The fourth-order valence-electron chi connectivity index (χ4n) is 2.77. The van der Waals surface area contributed by atoms with Crippen molar-refractivity contribution in [2.45, 2.75) is 37.1 Å². The average molecular weight is 327 g/mol. The number of rotatable bonds is 6. The first-order chi connectivity index (χ1) is 10.5. The van der Waals surface area contributed by atoms with Gasteiger partial charge in [0.05, 0.1) is 4.92 Å². The van der Waals surface area contributed by atoms with E-state index in [4.69, 9.17) is 0 Å². The van der Waals surface area contributed by atoms with Crippen LogP contribution in [0, 0.1) is 10.1 Å². The summed E-state index contributed by atoms with van der Waals surface area (Å²) in [5.41, 5.74) is -0.363. The summed E-state index contributed by atoms with van der Waals surface area (Å²) in [6, 6.07) is 5.44. The standard InChI is InChI=1S/C14H21N3O4S/c1-2-11-16(12-7-9-15-10-8-12)22(20,21)14-6-4-3-5-13(14)17(18)19/h3-6,12,15H,2,7-11H2,1H3. The van der Waals surface area contributed by atoms with Crippen molar-refractivity contribution < 1.29 is 13.3 Å². The van der Waals surface area contributed by atoms with E-state index in [0.29, 0.717) is 13.0 Å². The molecule has 7 nitrogen and oxygen atoms in total. The molecule has 1 aliphatic rings. The van der Waals surface area contributed by atoms with E-state index < -0.39 is 14.9 Å². The van der Waals surface area contributed by atoms with Crippen LogP contribution in [0.1, 0.15) is 26.2 Å².